The number of hydrogen-bond donors (Lipinski definition) is 2. The van der Waals surface area contributed by atoms with Gasteiger partial charge in [0, 0.05) is 22.7 Å². The minimum atomic E-state index is -4.86. The van der Waals surface area contributed by atoms with Crippen molar-refractivity contribution in [1.29, 1.82) is 0 Å². The number of halogens is 4. The minimum absolute atomic E-state index is 0.0381. The molecule has 1 fully saturated rings. The molecule has 0 unspecified atom stereocenters. The van der Waals surface area contributed by atoms with Crippen LogP contribution in [0.3, 0.4) is 0 Å². The molecule has 2 aromatic carbocycles. The third-order valence-electron chi connectivity index (χ3n) is 6.47. The monoisotopic (exact) mass is 491 g/mol. The van der Waals surface area contributed by atoms with Crippen LogP contribution in [0.1, 0.15) is 49.7 Å². The molecule has 10 heteroatoms. The molecule has 3 aromatic rings. The van der Waals surface area contributed by atoms with Gasteiger partial charge in [-0.05, 0) is 77.5 Å². The van der Waals surface area contributed by atoms with Gasteiger partial charge in [-0.2, -0.15) is 13.2 Å². The molecule has 35 heavy (non-hydrogen) atoms. The first kappa shape index (κ1) is 25.0. The first-order valence-corrected chi connectivity index (χ1v) is 11.5. The number of rotatable bonds is 6. The van der Waals surface area contributed by atoms with Gasteiger partial charge in [-0.25, -0.2) is 14.4 Å². The van der Waals surface area contributed by atoms with Crippen molar-refractivity contribution in [2.45, 2.75) is 58.0 Å². The normalized spacial score (nSPS) is 18.6. The van der Waals surface area contributed by atoms with Gasteiger partial charge >= 0.3 is 6.18 Å². The van der Waals surface area contributed by atoms with E-state index in [0.29, 0.717) is 40.4 Å². The summed E-state index contributed by atoms with van der Waals surface area (Å²) in [6.45, 7) is 6.33. The first-order chi connectivity index (χ1) is 16.4. The van der Waals surface area contributed by atoms with Crippen molar-refractivity contribution in [3.63, 3.8) is 0 Å². The maximum Gasteiger partial charge on any atom is 0.419 e. The van der Waals surface area contributed by atoms with Gasteiger partial charge in [0.25, 0.3) is 0 Å². The van der Waals surface area contributed by atoms with Crippen molar-refractivity contribution < 1.29 is 22.3 Å². The van der Waals surface area contributed by atoms with E-state index in [1.807, 2.05) is 19.1 Å². The van der Waals surface area contributed by atoms with Gasteiger partial charge < -0.3 is 15.8 Å². The van der Waals surface area contributed by atoms with Crippen LogP contribution in [0.15, 0.2) is 30.3 Å². The number of benzene rings is 2. The van der Waals surface area contributed by atoms with E-state index in [9.17, 15) is 17.6 Å². The average Bonchev–Trinajstić information content (AvgIpc) is 3.20. The second-order valence-corrected chi connectivity index (χ2v) is 9.15. The largest absolute Gasteiger partial charge is 0.489 e. The number of nitrogens with two attached hydrogens (primary N) is 1. The Morgan fingerprint density at radius 3 is 2.57 bits per heavy atom. The van der Waals surface area contributed by atoms with E-state index in [4.69, 9.17) is 10.5 Å². The lowest BCUT2D eigenvalue weighted by molar-refractivity contribution is -0.140. The maximum atomic E-state index is 14.8. The van der Waals surface area contributed by atoms with Crippen molar-refractivity contribution >= 4 is 22.4 Å². The fraction of sp³-hybridized carbons (Fsp3) is 0.440. The third kappa shape index (κ3) is 5.27. The van der Waals surface area contributed by atoms with Crippen LogP contribution in [-0.4, -0.2) is 40.6 Å². The smallest absolute Gasteiger partial charge is 0.419 e. The van der Waals surface area contributed by atoms with Gasteiger partial charge in [-0.1, -0.05) is 0 Å². The molecule has 3 atom stereocenters. The van der Waals surface area contributed by atoms with Gasteiger partial charge in [0.1, 0.15) is 29.3 Å². The van der Waals surface area contributed by atoms with Crippen LogP contribution in [0.5, 0.6) is 5.75 Å². The van der Waals surface area contributed by atoms with Crippen LogP contribution in [0, 0.1) is 12.7 Å². The van der Waals surface area contributed by atoms with Crippen LogP contribution in [0.25, 0.3) is 10.9 Å². The summed E-state index contributed by atoms with van der Waals surface area (Å²) < 4.78 is 60.9. The Balaban J connectivity index is 1.66. The van der Waals surface area contributed by atoms with E-state index >= 15 is 0 Å². The zero-order valence-electron chi connectivity index (χ0n) is 20.1. The van der Waals surface area contributed by atoms with Gasteiger partial charge in [0.05, 0.1) is 17.1 Å². The fourth-order valence-corrected chi connectivity index (χ4v) is 4.70. The summed E-state index contributed by atoms with van der Waals surface area (Å²) in [6.07, 6.45) is -2.71. The standard InChI is InChI=1S/C25H29F4N5O/c1-13(18-10-16(30)11-20(23(18)26)25(27,28)29)31-24-19-12-17(7-8-21(19)32-15(3)33-24)35-14(2)22-6-5-9-34(22)4/h7-8,10-14,22H,5-6,9,30H2,1-4H3,(H,31,32,33)/t13-,14+,22+/m1/s1. The van der Waals surface area contributed by atoms with E-state index in [-0.39, 0.29) is 17.4 Å². The Bertz CT molecular complexity index is 1230. The molecule has 0 radical (unpaired) electrons. The highest BCUT2D eigenvalue weighted by atomic mass is 19.4. The lowest BCUT2D eigenvalue weighted by Gasteiger charge is -2.27. The Labute approximate surface area is 201 Å². The zero-order chi connectivity index (χ0) is 25.5. The van der Waals surface area contributed by atoms with Crippen LogP contribution in [-0.2, 0) is 6.18 Å². The molecule has 1 aliphatic heterocycles. The molecule has 1 aromatic heterocycles. The highest BCUT2D eigenvalue weighted by Gasteiger charge is 2.36. The van der Waals surface area contributed by atoms with Gasteiger partial charge in [-0.3, -0.25) is 4.90 Å². The summed E-state index contributed by atoms with van der Waals surface area (Å²) in [5, 5.41) is 3.67. The summed E-state index contributed by atoms with van der Waals surface area (Å²) in [4.78, 5) is 11.2. The molecule has 0 bridgehead atoms. The minimum Gasteiger partial charge on any atom is -0.489 e. The summed E-state index contributed by atoms with van der Waals surface area (Å²) in [5.41, 5.74) is 4.52. The van der Waals surface area contributed by atoms with Crippen LogP contribution >= 0.6 is 0 Å². The number of likely N-dealkylation sites (N-methyl/N-ethyl adjacent to an activating group) is 1. The summed E-state index contributed by atoms with van der Waals surface area (Å²) >= 11 is 0. The highest BCUT2D eigenvalue weighted by Crippen LogP contribution is 2.37. The van der Waals surface area contributed by atoms with Gasteiger partial charge in [0.2, 0.25) is 0 Å². The highest BCUT2D eigenvalue weighted by molar-refractivity contribution is 5.90. The SMILES string of the molecule is Cc1nc(N[C@H](C)c2cc(N)cc(C(F)(F)F)c2F)c2cc(O[C@@H](C)[C@@H]3CCCN3C)ccc2n1. The third-order valence-corrected chi connectivity index (χ3v) is 6.47. The maximum absolute atomic E-state index is 14.8. The molecule has 0 amide bonds. The molecule has 1 saturated heterocycles. The number of ether oxygens (including phenoxy) is 1. The fourth-order valence-electron chi connectivity index (χ4n) is 4.70. The Morgan fingerprint density at radius 2 is 1.91 bits per heavy atom. The first-order valence-electron chi connectivity index (χ1n) is 11.5. The van der Waals surface area contributed by atoms with E-state index < -0.39 is 23.6 Å². The average molecular weight is 492 g/mol. The molecule has 6 nitrogen and oxygen atoms in total. The molecule has 188 valence electrons. The molecular weight excluding hydrogens is 462 g/mol. The molecule has 1 aliphatic rings. The second kappa shape index (κ2) is 9.49. The van der Waals surface area contributed by atoms with Crippen LogP contribution in [0.2, 0.25) is 0 Å². The number of nitrogens with zero attached hydrogens (tertiary/aromatic N) is 3. The predicted molar refractivity (Wildman–Crippen MR) is 128 cm³/mol. The number of hydrogen-bond acceptors (Lipinski definition) is 6. The second-order valence-electron chi connectivity index (χ2n) is 9.15. The molecule has 0 saturated carbocycles. The van der Waals surface area contributed by atoms with Gasteiger partial charge in [-0.15, -0.1) is 0 Å². The number of alkyl halides is 3. The van der Waals surface area contributed by atoms with Crippen molar-refractivity contribution in [3.05, 3.63) is 53.1 Å². The molecule has 4 rings (SSSR count). The quantitative estimate of drug-likeness (QED) is 0.340. The summed E-state index contributed by atoms with van der Waals surface area (Å²) in [6, 6.07) is 6.70. The van der Waals surface area contributed by atoms with Crippen molar-refractivity contribution in [2.24, 2.45) is 0 Å². The van der Waals surface area contributed by atoms with Crippen molar-refractivity contribution in [1.82, 2.24) is 14.9 Å². The summed E-state index contributed by atoms with van der Waals surface area (Å²) in [7, 11) is 2.08. The van der Waals surface area contributed by atoms with E-state index in [1.165, 1.54) is 6.07 Å². The molecule has 0 aliphatic carbocycles. The van der Waals surface area contributed by atoms with E-state index in [0.717, 1.165) is 19.4 Å². The predicted octanol–water partition coefficient (Wildman–Crippen LogP) is 5.71. The Morgan fingerprint density at radius 1 is 1.17 bits per heavy atom. The van der Waals surface area contributed by atoms with Crippen LogP contribution < -0.4 is 15.8 Å². The number of aromatic nitrogens is 2. The summed E-state index contributed by atoms with van der Waals surface area (Å²) in [5.74, 6) is 0.0978. The number of fused-ring (bicyclic) bond motifs is 1. The number of likely N-dealkylation sites (tertiary alicyclic amines) is 1. The number of anilines is 2. The van der Waals surface area contributed by atoms with E-state index in [1.54, 1.807) is 19.9 Å². The van der Waals surface area contributed by atoms with E-state index in [2.05, 4.69) is 27.2 Å². The molecule has 0 spiro atoms. The molecular formula is C25H29F4N5O. The molecule has 3 N–H and O–H groups in total. The number of nitrogen functional groups attached to an aromatic ring is 1. The Hall–Kier alpha value is -3.14. The number of aryl methyl sites for hydroxylation is 1. The van der Waals surface area contributed by atoms with Crippen molar-refractivity contribution in [2.75, 3.05) is 24.6 Å². The Kier molecular flexibility index (Phi) is 6.77. The number of nitrogens with one attached hydrogen (secondary N) is 1. The van der Waals surface area contributed by atoms with Crippen LogP contribution in [0.4, 0.5) is 29.1 Å². The van der Waals surface area contributed by atoms with Crippen molar-refractivity contribution in [3.8, 4) is 5.75 Å². The topological polar surface area (TPSA) is 76.3 Å². The zero-order valence-corrected chi connectivity index (χ0v) is 20.1. The molecule has 2 heterocycles. The van der Waals surface area contributed by atoms with Gasteiger partial charge in [0.15, 0.2) is 0 Å². The lowest BCUT2D eigenvalue weighted by atomic mass is 10.0. The lowest BCUT2D eigenvalue weighted by Crippen LogP contribution is -2.38.